The van der Waals surface area contributed by atoms with Crippen LogP contribution in [0.25, 0.3) is 0 Å². The van der Waals surface area contributed by atoms with Crippen LogP contribution in [0.4, 0.5) is 0 Å². The molecule has 1 heterocycles. The number of hydrogen-bond donors (Lipinski definition) is 1. The van der Waals surface area contributed by atoms with E-state index >= 15 is 0 Å². The summed E-state index contributed by atoms with van der Waals surface area (Å²) in [5.41, 5.74) is 3.35. The first-order chi connectivity index (χ1) is 15.8. The maximum Gasteiger partial charge on any atom is 0.243 e. The van der Waals surface area contributed by atoms with Crippen molar-refractivity contribution in [1.29, 1.82) is 0 Å². The molecule has 1 atom stereocenters. The molecular weight excluding hydrogens is 506 g/mol. The molecule has 4 rings (SSSR count). The highest BCUT2D eigenvalue weighted by molar-refractivity contribution is 9.10. The van der Waals surface area contributed by atoms with Crippen LogP contribution in [0, 0.1) is 6.92 Å². The van der Waals surface area contributed by atoms with Crippen LogP contribution in [0.3, 0.4) is 0 Å². The standard InChI is InChI=1S/C25H26BrNO5S/c1-16-8-10-18(11-9-16)33(29,30)27-13-12-19-20(15-23(31-2)25(32-3)24(19)28)22(27)14-17-6-4-5-7-21(17)26/h4-11,15,22,28H,12-14H2,1-3H3. The third-order valence-electron chi connectivity index (χ3n) is 6.07. The number of ether oxygens (including phenoxy) is 2. The van der Waals surface area contributed by atoms with Crippen LogP contribution >= 0.6 is 15.9 Å². The Balaban J connectivity index is 1.89. The quantitative estimate of drug-likeness (QED) is 0.483. The molecule has 1 unspecified atom stereocenters. The number of sulfonamides is 1. The van der Waals surface area contributed by atoms with Crippen molar-refractivity contribution in [3.8, 4) is 17.2 Å². The molecular formula is C25H26BrNO5S. The first-order valence-electron chi connectivity index (χ1n) is 10.6. The van der Waals surface area contributed by atoms with Gasteiger partial charge in [0.25, 0.3) is 0 Å². The maximum atomic E-state index is 13.8. The molecule has 174 valence electrons. The number of phenols is 1. The number of hydrogen-bond acceptors (Lipinski definition) is 5. The van der Waals surface area contributed by atoms with Crippen LogP contribution in [0.1, 0.15) is 28.3 Å². The highest BCUT2D eigenvalue weighted by Crippen LogP contribution is 2.48. The molecule has 0 radical (unpaired) electrons. The average molecular weight is 532 g/mol. The zero-order chi connectivity index (χ0) is 23.8. The Hall–Kier alpha value is -2.55. The van der Waals surface area contributed by atoms with Gasteiger partial charge in [-0.2, -0.15) is 4.31 Å². The number of nitrogens with zero attached hydrogens (tertiary/aromatic N) is 1. The molecule has 1 aliphatic heterocycles. The summed E-state index contributed by atoms with van der Waals surface area (Å²) in [7, 11) is -0.820. The van der Waals surface area contributed by atoms with E-state index in [1.54, 1.807) is 30.3 Å². The molecule has 0 spiro atoms. The Labute approximate surface area is 203 Å². The summed E-state index contributed by atoms with van der Waals surface area (Å²) in [4.78, 5) is 0.248. The van der Waals surface area contributed by atoms with Gasteiger partial charge in [-0.3, -0.25) is 0 Å². The van der Waals surface area contributed by atoms with Gasteiger partial charge >= 0.3 is 0 Å². The highest BCUT2D eigenvalue weighted by atomic mass is 79.9. The van der Waals surface area contributed by atoms with E-state index in [2.05, 4.69) is 15.9 Å². The van der Waals surface area contributed by atoms with Gasteiger partial charge in [0, 0.05) is 16.6 Å². The Morgan fingerprint density at radius 3 is 2.42 bits per heavy atom. The minimum Gasteiger partial charge on any atom is -0.504 e. The predicted molar refractivity (Wildman–Crippen MR) is 131 cm³/mol. The number of benzene rings is 3. The minimum absolute atomic E-state index is 0.00337. The van der Waals surface area contributed by atoms with E-state index in [-0.39, 0.29) is 22.9 Å². The van der Waals surface area contributed by atoms with E-state index in [0.29, 0.717) is 29.7 Å². The molecule has 0 aliphatic carbocycles. The number of rotatable bonds is 6. The molecule has 0 amide bonds. The third kappa shape index (κ3) is 4.35. The molecule has 3 aromatic rings. The number of phenolic OH excluding ortho intramolecular Hbond substituents is 1. The molecule has 1 aliphatic rings. The van der Waals surface area contributed by atoms with E-state index in [1.165, 1.54) is 18.5 Å². The molecule has 0 aromatic heterocycles. The van der Waals surface area contributed by atoms with Crippen LogP contribution < -0.4 is 9.47 Å². The van der Waals surface area contributed by atoms with Gasteiger partial charge in [-0.05, 0) is 55.2 Å². The lowest BCUT2D eigenvalue weighted by Crippen LogP contribution is -2.41. The molecule has 0 fully saturated rings. The number of halogens is 1. The van der Waals surface area contributed by atoms with Crippen LogP contribution in [0.5, 0.6) is 17.2 Å². The number of aryl methyl sites for hydroxylation is 1. The van der Waals surface area contributed by atoms with Crippen LogP contribution in [0.2, 0.25) is 0 Å². The van der Waals surface area contributed by atoms with Crippen LogP contribution in [-0.4, -0.2) is 38.6 Å². The van der Waals surface area contributed by atoms with Crippen molar-refractivity contribution in [3.05, 3.63) is 81.3 Å². The Kier molecular flexibility index (Phi) is 6.70. The predicted octanol–water partition coefficient (Wildman–Crippen LogP) is 5.01. The minimum atomic E-state index is -3.79. The van der Waals surface area contributed by atoms with Crippen molar-refractivity contribution in [2.45, 2.75) is 30.7 Å². The number of aromatic hydroxyl groups is 1. The Bertz CT molecular complexity index is 1270. The molecule has 0 saturated carbocycles. The average Bonchev–Trinajstić information content (AvgIpc) is 2.80. The third-order valence-corrected chi connectivity index (χ3v) is 8.77. The fourth-order valence-corrected chi connectivity index (χ4v) is 6.40. The summed E-state index contributed by atoms with van der Waals surface area (Å²) in [6.07, 6.45) is 0.785. The van der Waals surface area contributed by atoms with Crippen molar-refractivity contribution in [3.63, 3.8) is 0 Å². The molecule has 3 aromatic carbocycles. The van der Waals surface area contributed by atoms with Gasteiger partial charge in [-0.15, -0.1) is 0 Å². The van der Waals surface area contributed by atoms with E-state index in [9.17, 15) is 13.5 Å². The lowest BCUT2D eigenvalue weighted by Gasteiger charge is -2.37. The summed E-state index contributed by atoms with van der Waals surface area (Å²) in [5.74, 6) is 0.613. The van der Waals surface area contributed by atoms with Crippen molar-refractivity contribution in [2.24, 2.45) is 0 Å². The molecule has 0 saturated heterocycles. The fraction of sp³-hybridized carbons (Fsp3) is 0.280. The van der Waals surface area contributed by atoms with Gasteiger partial charge < -0.3 is 14.6 Å². The van der Waals surface area contributed by atoms with Gasteiger partial charge in [0.15, 0.2) is 11.5 Å². The number of methoxy groups -OCH3 is 2. The second-order valence-corrected chi connectivity index (χ2v) is 10.8. The second kappa shape index (κ2) is 9.37. The lowest BCUT2D eigenvalue weighted by atomic mass is 9.89. The first kappa shape index (κ1) is 23.6. The lowest BCUT2D eigenvalue weighted by molar-refractivity contribution is 0.290. The molecule has 6 nitrogen and oxygen atoms in total. The summed E-state index contributed by atoms with van der Waals surface area (Å²) in [5, 5.41) is 10.9. The normalized spacial score (nSPS) is 16.3. The van der Waals surface area contributed by atoms with Gasteiger partial charge in [-0.25, -0.2) is 8.42 Å². The summed E-state index contributed by atoms with van der Waals surface area (Å²) in [6, 6.07) is 15.9. The monoisotopic (exact) mass is 531 g/mol. The molecule has 0 bridgehead atoms. The Morgan fingerprint density at radius 2 is 1.79 bits per heavy atom. The SMILES string of the molecule is COc1cc2c(c(O)c1OC)CCN(S(=O)(=O)c1ccc(C)cc1)C2Cc1ccccc1Br. The second-order valence-electron chi connectivity index (χ2n) is 8.02. The van der Waals surface area contributed by atoms with E-state index in [4.69, 9.17) is 9.47 Å². The topological polar surface area (TPSA) is 76.1 Å². The van der Waals surface area contributed by atoms with Gasteiger partial charge in [0.2, 0.25) is 15.8 Å². The smallest absolute Gasteiger partial charge is 0.243 e. The van der Waals surface area contributed by atoms with Crippen molar-refractivity contribution < 1.29 is 23.0 Å². The van der Waals surface area contributed by atoms with Gasteiger partial charge in [0.05, 0.1) is 25.2 Å². The highest BCUT2D eigenvalue weighted by Gasteiger charge is 2.39. The summed E-state index contributed by atoms with van der Waals surface area (Å²) in [6.45, 7) is 2.16. The van der Waals surface area contributed by atoms with Gasteiger partial charge in [0.1, 0.15) is 0 Å². The largest absolute Gasteiger partial charge is 0.504 e. The molecule has 1 N–H and O–H groups in total. The van der Waals surface area contributed by atoms with E-state index in [1.807, 2.05) is 31.2 Å². The van der Waals surface area contributed by atoms with E-state index < -0.39 is 16.1 Å². The zero-order valence-electron chi connectivity index (χ0n) is 18.7. The zero-order valence-corrected chi connectivity index (χ0v) is 21.1. The molecule has 8 heteroatoms. The molecule has 33 heavy (non-hydrogen) atoms. The van der Waals surface area contributed by atoms with E-state index in [0.717, 1.165) is 15.6 Å². The Morgan fingerprint density at radius 1 is 1.09 bits per heavy atom. The van der Waals surface area contributed by atoms with Crippen molar-refractivity contribution in [2.75, 3.05) is 20.8 Å². The van der Waals surface area contributed by atoms with Crippen molar-refractivity contribution >= 4 is 26.0 Å². The van der Waals surface area contributed by atoms with Crippen LogP contribution in [0.15, 0.2) is 64.0 Å². The summed E-state index contributed by atoms with van der Waals surface area (Å²) >= 11 is 3.59. The van der Waals surface area contributed by atoms with Gasteiger partial charge in [-0.1, -0.05) is 51.8 Å². The maximum absolute atomic E-state index is 13.8. The fourth-order valence-electron chi connectivity index (χ4n) is 4.34. The van der Waals surface area contributed by atoms with Crippen molar-refractivity contribution in [1.82, 2.24) is 4.31 Å². The van der Waals surface area contributed by atoms with Crippen LogP contribution in [-0.2, 0) is 22.9 Å². The summed E-state index contributed by atoms with van der Waals surface area (Å²) < 4.78 is 40.8. The first-order valence-corrected chi connectivity index (χ1v) is 12.8. The number of fused-ring (bicyclic) bond motifs is 1.